The average molecular weight is 277 g/mol. The Hall–Kier alpha value is -1.51. The molecule has 1 rings (SSSR count). The van der Waals surface area contributed by atoms with E-state index in [0.717, 1.165) is 30.7 Å². The summed E-state index contributed by atoms with van der Waals surface area (Å²) in [5.74, 6) is 1.05. The first-order chi connectivity index (χ1) is 9.71. The molecule has 0 fully saturated rings. The molecule has 112 valence electrons. The molecule has 3 nitrogen and oxygen atoms in total. The first kappa shape index (κ1) is 16.5. The fraction of sp³-hybridized carbons (Fsp3) is 0.588. The molecule has 0 aromatic heterocycles. The van der Waals surface area contributed by atoms with Crippen molar-refractivity contribution < 1.29 is 9.53 Å². The van der Waals surface area contributed by atoms with Crippen LogP contribution in [0.3, 0.4) is 0 Å². The lowest BCUT2D eigenvalue weighted by Gasteiger charge is -2.15. The lowest BCUT2D eigenvalue weighted by molar-refractivity contribution is -0.120. The molecule has 0 saturated carbocycles. The van der Waals surface area contributed by atoms with E-state index in [9.17, 15) is 4.79 Å². The molecule has 0 aliphatic heterocycles. The summed E-state index contributed by atoms with van der Waals surface area (Å²) in [4.78, 5) is 12.2. The SMILES string of the molecule is CCCCCCC(CC)C(=O)Nc1ccc(OC)cc1. The Kier molecular flexibility index (Phi) is 7.78. The highest BCUT2D eigenvalue weighted by molar-refractivity contribution is 5.92. The number of nitrogens with one attached hydrogen (secondary N) is 1. The molecule has 0 bridgehead atoms. The number of hydrogen-bond donors (Lipinski definition) is 1. The Morgan fingerprint density at radius 1 is 1.15 bits per heavy atom. The van der Waals surface area contributed by atoms with Gasteiger partial charge in [0, 0.05) is 11.6 Å². The topological polar surface area (TPSA) is 38.3 Å². The molecular formula is C17H27NO2. The van der Waals surface area contributed by atoms with Crippen LogP contribution in [-0.4, -0.2) is 13.0 Å². The molecule has 1 N–H and O–H groups in total. The maximum Gasteiger partial charge on any atom is 0.227 e. The molecule has 0 aliphatic carbocycles. The van der Waals surface area contributed by atoms with Crippen molar-refractivity contribution in [1.82, 2.24) is 0 Å². The fourth-order valence-corrected chi connectivity index (χ4v) is 2.26. The minimum absolute atomic E-state index is 0.119. The van der Waals surface area contributed by atoms with E-state index in [1.165, 1.54) is 19.3 Å². The highest BCUT2D eigenvalue weighted by Crippen LogP contribution is 2.19. The molecule has 1 unspecified atom stereocenters. The third kappa shape index (κ3) is 5.64. The van der Waals surface area contributed by atoms with Crippen molar-refractivity contribution in [3.05, 3.63) is 24.3 Å². The predicted molar refractivity (Wildman–Crippen MR) is 84.2 cm³/mol. The standard InChI is InChI=1S/C17H27NO2/c1-4-6-7-8-9-14(5-2)17(19)18-15-10-12-16(20-3)13-11-15/h10-14H,4-9H2,1-3H3,(H,18,19). The van der Waals surface area contributed by atoms with Crippen LogP contribution < -0.4 is 10.1 Å². The van der Waals surface area contributed by atoms with Crippen LogP contribution in [0, 0.1) is 5.92 Å². The van der Waals surface area contributed by atoms with Crippen molar-refractivity contribution in [2.75, 3.05) is 12.4 Å². The Balaban J connectivity index is 2.44. The predicted octanol–water partition coefficient (Wildman–Crippen LogP) is 4.63. The molecule has 0 aliphatic rings. The summed E-state index contributed by atoms with van der Waals surface area (Å²) in [6.45, 7) is 4.28. The van der Waals surface area contributed by atoms with Crippen LogP contribution in [0.5, 0.6) is 5.75 Å². The summed E-state index contributed by atoms with van der Waals surface area (Å²) in [7, 11) is 1.64. The smallest absolute Gasteiger partial charge is 0.227 e. The first-order valence-corrected chi connectivity index (χ1v) is 7.66. The van der Waals surface area contributed by atoms with Gasteiger partial charge in [0.05, 0.1) is 7.11 Å². The van der Waals surface area contributed by atoms with Crippen molar-refractivity contribution in [2.45, 2.75) is 52.4 Å². The monoisotopic (exact) mass is 277 g/mol. The number of methoxy groups -OCH3 is 1. The van der Waals surface area contributed by atoms with Crippen LogP contribution >= 0.6 is 0 Å². The van der Waals surface area contributed by atoms with Crippen LogP contribution in [0.2, 0.25) is 0 Å². The van der Waals surface area contributed by atoms with E-state index in [2.05, 4.69) is 19.2 Å². The summed E-state index contributed by atoms with van der Waals surface area (Å²) < 4.78 is 5.11. The maximum atomic E-state index is 12.2. The molecule has 0 heterocycles. The van der Waals surface area contributed by atoms with Gasteiger partial charge in [-0.05, 0) is 37.1 Å². The average Bonchev–Trinajstić information content (AvgIpc) is 2.48. The quantitative estimate of drug-likeness (QED) is 0.668. The van der Waals surface area contributed by atoms with Gasteiger partial charge < -0.3 is 10.1 Å². The summed E-state index contributed by atoms with van der Waals surface area (Å²) in [6, 6.07) is 7.47. The van der Waals surface area contributed by atoms with Crippen LogP contribution in [-0.2, 0) is 4.79 Å². The van der Waals surface area contributed by atoms with E-state index in [-0.39, 0.29) is 11.8 Å². The molecule has 3 heteroatoms. The number of carbonyl (C=O) groups is 1. The van der Waals surface area contributed by atoms with E-state index >= 15 is 0 Å². The minimum Gasteiger partial charge on any atom is -0.497 e. The number of amides is 1. The van der Waals surface area contributed by atoms with Gasteiger partial charge in [-0.2, -0.15) is 0 Å². The second-order valence-corrected chi connectivity index (χ2v) is 5.17. The Morgan fingerprint density at radius 2 is 1.85 bits per heavy atom. The largest absolute Gasteiger partial charge is 0.497 e. The minimum atomic E-state index is 0.119. The molecule has 1 aromatic carbocycles. The maximum absolute atomic E-state index is 12.2. The van der Waals surface area contributed by atoms with Crippen molar-refractivity contribution in [3.63, 3.8) is 0 Å². The molecule has 0 saturated heterocycles. The molecule has 0 spiro atoms. The second kappa shape index (κ2) is 9.40. The Labute approximate surface area is 122 Å². The lowest BCUT2D eigenvalue weighted by atomic mass is 9.97. The van der Waals surface area contributed by atoms with Gasteiger partial charge in [-0.15, -0.1) is 0 Å². The zero-order valence-corrected chi connectivity index (χ0v) is 12.9. The van der Waals surface area contributed by atoms with E-state index in [1.54, 1.807) is 7.11 Å². The van der Waals surface area contributed by atoms with Gasteiger partial charge in [-0.3, -0.25) is 4.79 Å². The highest BCUT2D eigenvalue weighted by Gasteiger charge is 2.15. The third-order valence-corrected chi connectivity index (χ3v) is 3.63. The Bertz CT molecular complexity index is 386. The van der Waals surface area contributed by atoms with E-state index in [4.69, 9.17) is 4.74 Å². The Morgan fingerprint density at radius 3 is 2.40 bits per heavy atom. The normalized spacial score (nSPS) is 11.9. The van der Waals surface area contributed by atoms with E-state index in [0.29, 0.717) is 0 Å². The number of rotatable bonds is 9. The zero-order chi connectivity index (χ0) is 14.8. The van der Waals surface area contributed by atoms with Gasteiger partial charge in [-0.1, -0.05) is 39.5 Å². The van der Waals surface area contributed by atoms with Gasteiger partial charge in [0.15, 0.2) is 0 Å². The molecule has 1 aromatic rings. The number of anilines is 1. The summed E-state index contributed by atoms with van der Waals surface area (Å²) in [6.07, 6.45) is 6.74. The highest BCUT2D eigenvalue weighted by atomic mass is 16.5. The molecular weight excluding hydrogens is 250 g/mol. The van der Waals surface area contributed by atoms with Crippen LogP contribution in [0.15, 0.2) is 24.3 Å². The van der Waals surface area contributed by atoms with Crippen molar-refractivity contribution in [2.24, 2.45) is 5.92 Å². The zero-order valence-electron chi connectivity index (χ0n) is 12.9. The van der Waals surface area contributed by atoms with Gasteiger partial charge >= 0.3 is 0 Å². The van der Waals surface area contributed by atoms with Crippen LogP contribution in [0.25, 0.3) is 0 Å². The molecule has 1 atom stereocenters. The summed E-state index contributed by atoms with van der Waals surface area (Å²) >= 11 is 0. The van der Waals surface area contributed by atoms with Gasteiger partial charge in [0.25, 0.3) is 0 Å². The summed E-state index contributed by atoms with van der Waals surface area (Å²) in [5.41, 5.74) is 0.836. The van der Waals surface area contributed by atoms with E-state index < -0.39 is 0 Å². The first-order valence-electron chi connectivity index (χ1n) is 7.66. The van der Waals surface area contributed by atoms with Gasteiger partial charge in [0.2, 0.25) is 5.91 Å². The molecule has 1 amide bonds. The second-order valence-electron chi connectivity index (χ2n) is 5.17. The molecule has 0 radical (unpaired) electrons. The van der Waals surface area contributed by atoms with Crippen molar-refractivity contribution in [3.8, 4) is 5.75 Å². The number of unbranched alkanes of at least 4 members (excludes halogenated alkanes) is 3. The van der Waals surface area contributed by atoms with Crippen molar-refractivity contribution >= 4 is 11.6 Å². The van der Waals surface area contributed by atoms with E-state index in [1.807, 2.05) is 24.3 Å². The van der Waals surface area contributed by atoms with Gasteiger partial charge in [0.1, 0.15) is 5.75 Å². The fourth-order valence-electron chi connectivity index (χ4n) is 2.26. The van der Waals surface area contributed by atoms with Crippen LogP contribution in [0.1, 0.15) is 52.4 Å². The van der Waals surface area contributed by atoms with Gasteiger partial charge in [-0.25, -0.2) is 0 Å². The number of carbonyl (C=O) groups excluding carboxylic acids is 1. The summed E-state index contributed by atoms with van der Waals surface area (Å²) in [5, 5.41) is 2.99. The lowest BCUT2D eigenvalue weighted by Crippen LogP contribution is -2.22. The number of ether oxygens (including phenoxy) is 1. The molecule has 20 heavy (non-hydrogen) atoms. The number of benzene rings is 1. The number of hydrogen-bond acceptors (Lipinski definition) is 2. The third-order valence-electron chi connectivity index (χ3n) is 3.63. The van der Waals surface area contributed by atoms with Crippen molar-refractivity contribution in [1.29, 1.82) is 0 Å². The van der Waals surface area contributed by atoms with Crippen LogP contribution in [0.4, 0.5) is 5.69 Å².